The van der Waals surface area contributed by atoms with Gasteiger partial charge in [-0.05, 0) is 44.0 Å². The Labute approximate surface area is 149 Å². The summed E-state index contributed by atoms with van der Waals surface area (Å²) in [5.41, 5.74) is 0.240. The van der Waals surface area contributed by atoms with Gasteiger partial charge in [-0.2, -0.15) is 0 Å². The van der Waals surface area contributed by atoms with E-state index in [0.29, 0.717) is 32.7 Å². The summed E-state index contributed by atoms with van der Waals surface area (Å²) in [5.74, 6) is -0.0702. The van der Waals surface area contributed by atoms with E-state index in [0.717, 1.165) is 24.2 Å². The van der Waals surface area contributed by atoms with Gasteiger partial charge >= 0.3 is 5.97 Å². The summed E-state index contributed by atoms with van der Waals surface area (Å²) in [5, 5.41) is 12.1. The fourth-order valence-electron chi connectivity index (χ4n) is 2.91. The van der Waals surface area contributed by atoms with E-state index in [1.165, 1.54) is 0 Å². The normalized spacial score (nSPS) is 20.4. The number of hydrogen-bond acceptors (Lipinski definition) is 4. The fourth-order valence-corrected chi connectivity index (χ4v) is 2.91. The monoisotopic (exact) mass is 348 g/mol. The smallest absolute Gasteiger partial charge is 0.310 e. The molecule has 1 atom stereocenters. The van der Waals surface area contributed by atoms with Crippen LogP contribution in [0, 0.1) is 5.41 Å². The van der Waals surface area contributed by atoms with Crippen molar-refractivity contribution in [3.05, 3.63) is 29.8 Å². The van der Waals surface area contributed by atoms with Crippen LogP contribution in [-0.2, 0) is 16.1 Å². The van der Waals surface area contributed by atoms with Crippen molar-refractivity contribution < 1.29 is 19.4 Å². The van der Waals surface area contributed by atoms with Gasteiger partial charge in [-0.25, -0.2) is 0 Å². The maximum Gasteiger partial charge on any atom is 0.310 e. The number of amides is 1. The second kappa shape index (κ2) is 8.85. The molecule has 6 heteroatoms. The van der Waals surface area contributed by atoms with Gasteiger partial charge in [0, 0.05) is 13.1 Å². The van der Waals surface area contributed by atoms with E-state index >= 15 is 0 Å². The molecule has 1 unspecified atom stereocenters. The summed E-state index contributed by atoms with van der Waals surface area (Å²) < 4.78 is 5.67. The Morgan fingerprint density at radius 2 is 2.20 bits per heavy atom. The molecular weight excluding hydrogens is 320 g/mol. The number of hydrogen-bond donors (Lipinski definition) is 2. The lowest BCUT2D eigenvalue weighted by Gasteiger charge is -2.19. The maximum absolute atomic E-state index is 12.1. The molecule has 0 bridgehead atoms. The van der Waals surface area contributed by atoms with Crippen LogP contribution in [0.1, 0.15) is 38.7 Å². The van der Waals surface area contributed by atoms with Gasteiger partial charge in [-0.1, -0.05) is 25.5 Å². The highest BCUT2D eigenvalue weighted by molar-refractivity contribution is 5.79. The number of nitrogens with zero attached hydrogens (tertiary/aromatic N) is 1. The minimum atomic E-state index is -0.796. The number of aliphatic carboxylic acids is 1. The van der Waals surface area contributed by atoms with Gasteiger partial charge in [0.25, 0.3) is 0 Å². The van der Waals surface area contributed by atoms with E-state index in [4.69, 9.17) is 4.74 Å². The van der Waals surface area contributed by atoms with Gasteiger partial charge in [0.1, 0.15) is 5.75 Å². The van der Waals surface area contributed by atoms with Gasteiger partial charge in [-0.15, -0.1) is 0 Å². The van der Waals surface area contributed by atoms with Crippen LogP contribution < -0.4 is 10.1 Å². The molecule has 1 aromatic carbocycles. The van der Waals surface area contributed by atoms with Gasteiger partial charge < -0.3 is 15.2 Å². The van der Waals surface area contributed by atoms with Crippen molar-refractivity contribution in [1.29, 1.82) is 0 Å². The third kappa shape index (κ3) is 5.74. The van der Waals surface area contributed by atoms with E-state index in [-0.39, 0.29) is 12.5 Å². The molecule has 2 N–H and O–H groups in total. The summed E-state index contributed by atoms with van der Waals surface area (Å²) in [6.07, 6.45) is 2.69. The predicted molar refractivity (Wildman–Crippen MR) is 95.5 cm³/mol. The molecule has 0 radical (unpaired) electrons. The molecule has 0 aromatic heterocycles. The van der Waals surface area contributed by atoms with Crippen LogP contribution >= 0.6 is 0 Å². The number of unbranched alkanes of at least 4 members (excludes halogenated alkanes) is 1. The zero-order chi connectivity index (χ0) is 18.3. The van der Waals surface area contributed by atoms with E-state index in [1.807, 2.05) is 29.2 Å². The Morgan fingerprint density at radius 3 is 2.88 bits per heavy atom. The van der Waals surface area contributed by atoms with Crippen LogP contribution in [0.3, 0.4) is 0 Å². The molecule has 0 saturated carbocycles. The van der Waals surface area contributed by atoms with Gasteiger partial charge in [0.15, 0.2) is 0 Å². The highest BCUT2D eigenvalue weighted by Crippen LogP contribution is 2.29. The fraction of sp³-hybridized carbons (Fsp3) is 0.579. The largest absolute Gasteiger partial charge is 0.494 e. The van der Waals surface area contributed by atoms with Crippen LogP contribution in [0.15, 0.2) is 24.3 Å². The third-order valence-electron chi connectivity index (χ3n) is 4.59. The van der Waals surface area contributed by atoms with Gasteiger partial charge in [0.2, 0.25) is 5.91 Å². The summed E-state index contributed by atoms with van der Waals surface area (Å²) >= 11 is 0. The summed E-state index contributed by atoms with van der Waals surface area (Å²) in [6.45, 7) is 6.27. The summed E-state index contributed by atoms with van der Waals surface area (Å²) in [6, 6.07) is 7.72. The van der Waals surface area contributed by atoms with E-state index in [1.54, 1.807) is 6.92 Å². The molecule has 0 spiro atoms. The SMILES string of the molecule is CCCCOc1cccc(CNC(=O)CN2CCC(C)(C(=O)O)C2)c1. The standard InChI is InChI=1S/C19H28N2O4/c1-3-4-10-25-16-7-5-6-15(11-16)12-20-17(22)13-21-9-8-19(2,14-21)18(23)24/h5-7,11H,3-4,8-10,12-14H2,1-2H3,(H,20,22)(H,23,24). The van der Waals surface area contributed by atoms with Gasteiger partial charge in [-0.3, -0.25) is 14.5 Å². The highest BCUT2D eigenvalue weighted by Gasteiger charge is 2.40. The van der Waals surface area contributed by atoms with Crippen LogP contribution in [-0.4, -0.2) is 48.1 Å². The Morgan fingerprint density at radius 1 is 1.40 bits per heavy atom. The first-order valence-electron chi connectivity index (χ1n) is 8.87. The number of ether oxygens (including phenoxy) is 1. The molecule has 0 aliphatic carbocycles. The lowest BCUT2D eigenvalue weighted by Crippen LogP contribution is -2.38. The van der Waals surface area contributed by atoms with Crippen molar-refractivity contribution >= 4 is 11.9 Å². The summed E-state index contributed by atoms with van der Waals surface area (Å²) in [7, 11) is 0. The highest BCUT2D eigenvalue weighted by atomic mass is 16.5. The first-order chi connectivity index (χ1) is 11.9. The lowest BCUT2D eigenvalue weighted by molar-refractivity contribution is -0.147. The third-order valence-corrected chi connectivity index (χ3v) is 4.59. The number of benzene rings is 1. The first-order valence-corrected chi connectivity index (χ1v) is 8.87. The van der Waals surface area contributed by atoms with E-state index < -0.39 is 11.4 Å². The molecule has 138 valence electrons. The number of nitrogens with one attached hydrogen (secondary N) is 1. The topological polar surface area (TPSA) is 78.9 Å². The minimum Gasteiger partial charge on any atom is -0.494 e. The number of carbonyl (C=O) groups is 2. The van der Waals surface area contributed by atoms with Crippen LogP contribution in [0.25, 0.3) is 0 Å². The molecule has 1 aliphatic rings. The second-order valence-electron chi connectivity index (χ2n) is 6.95. The number of carboxylic acids is 1. The number of carboxylic acid groups (broad SMARTS) is 1. The van der Waals surface area contributed by atoms with Crippen molar-refractivity contribution in [2.45, 2.75) is 39.7 Å². The second-order valence-corrected chi connectivity index (χ2v) is 6.95. The van der Waals surface area contributed by atoms with Crippen molar-refractivity contribution in [2.24, 2.45) is 5.41 Å². The quantitative estimate of drug-likeness (QED) is 0.670. The lowest BCUT2D eigenvalue weighted by atomic mass is 9.90. The molecule has 1 amide bonds. The summed E-state index contributed by atoms with van der Waals surface area (Å²) in [4.78, 5) is 25.3. The zero-order valence-corrected chi connectivity index (χ0v) is 15.1. The number of likely N-dealkylation sites (tertiary alicyclic amines) is 1. The Hall–Kier alpha value is -2.08. The molecule has 1 aliphatic heterocycles. The molecular formula is C19H28N2O4. The Balaban J connectivity index is 1.77. The average molecular weight is 348 g/mol. The first kappa shape index (κ1) is 19.2. The van der Waals surface area contributed by atoms with Crippen molar-refractivity contribution in [3.8, 4) is 5.75 Å². The van der Waals surface area contributed by atoms with Crippen molar-refractivity contribution in [2.75, 3.05) is 26.2 Å². The van der Waals surface area contributed by atoms with E-state index in [2.05, 4.69) is 12.2 Å². The van der Waals surface area contributed by atoms with Crippen LogP contribution in [0.4, 0.5) is 0 Å². The molecule has 2 rings (SSSR count). The minimum absolute atomic E-state index is 0.0908. The molecule has 1 aromatic rings. The molecule has 6 nitrogen and oxygen atoms in total. The Bertz CT molecular complexity index is 605. The zero-order valence-electron chi connectivity index (χ0n) is 15.1. The Kier molecular flexibility index (Phi) is 6.82. The van der Waals surface area contributed by atoms with Crippen LogP contribution in [0.5, 0.6) is 5.75 Å². The molecule has 1 saturated heterocycles. The van der Waals surface area contributed by atoms with Crippen molar-refractivity contribution in [1.82, 2.24) is 10.2 Å². The predicted octanol–water partition coefficient (Wildman–Crippen LogP) is 2.28. The molecule has 1 fully saturated rings. The average Bonchev–Trinajstić information content (AvgIpc) is 2.96. The number of rotatable bonds is 9. The molecule has 25 heavy (non-hydrogen) atoms. The number of carbonyl (C=O) groups excluding carboxylic acids is 1. The molecule has 1 heterocycles. The van der Waals surface area contributed by atoms with E-state index in [9.17, 15) is 14.7 Å². The van der Waals surface area contributed by atoms with Crippen molar-refractivity contribution in [3.63, 3.8) is 0 Å². The van der Waals surface area contributed by atoms with Crippen LogP contribution in [0.2, 0.25) is 0 Å². The van der Waals surface area contributed by atoms with Gasteiger partial charge in [0.05, 0.1) is 18.6 Å². The maximum atomic E-state index is 12.1.